The fourth-order valence-corrected chi connectivity index (χ4v) is 2.25. The Morgan fingerprint density at radius 3 is 2.70 bits per heavy atom. The summed E-state index contributed by atoms with van der Waals surface area (Å²) in [4.78, 5) is 0. The van der Waals surface area contributed by atoms with E-state index in [2.05, 4.69) is 0 Å². The SMILES string of the molecule is CCc1cc(Oc2c(F)cccc2[C@H](C)N)ccc1Cl. The molecule has 0 aliphatic heterocycles. The Kier molecular flexibility index (Phi) is 4.63. The summed E-state index contributed by atoms with van der Waals surface area (Å²) >= 11 is 6.06. The fraction of sp³-hybridized carbons (Fsp3) is 0.250. The molecule has 2 rings (SSSR count). The monoisotopic (exact) mass is 293 g/mol. The van der Waals surface area contributed by atoms with Crippen molar-refractivity contribution >= 4 is 11.6 Å². The normalized spacial score (nSPS) is 12.2. The minimum atomic E-state index is -0.423. The van der Waals surface area contributed by atoms with Gasteiger partial charge >= 0.3 is 0 Å². The topological polar surface area (TPSA) is 35.2 Å². The second-order valence-corrected chi connectivity index (χ2v) is 5.06. The van der Waals surface area contributed by atoms with Crippen molar-refractivity contribution in [2.24, 2.45) is 5.73 Å². The van der Waals surface area contributed by atoms with Crippen LogP contribution in [0.25, 0.3) is 0 Å². The molecule has 2 aromatic rings. The van der Waals surface area contributed by atoms with Gasteiger partial charge in [0.25, 0.3) is 0 Å². The van der Waals surface area contributed by atoms with Gasteiger partial charge in [-0.3, -0.25) is 0 Å². The van der Waals surface area contributed by atoms with Crippen molar-refractivity contribution < 1.29 is 9.13 Å². The first-order valence-corrected chi connectivity index (χ1v) is 6.91. The van der Waals surface area contributed by atoms with Gasteiger partial charge < -0.3 is 10.5 Å². The molecular weight excluding hydrogens is 277 g/mol. The van der Waals surface area contributed by atoms with E-state index in [9.17, 15) is 4.39 Å². The summed E-state index contributed by atoms with van der Waals surface area (Å²) < 4.78 is 19.6. The maximum absolute atomic E-state index is 14.0. The van der Waals surface area contributed by atoms with Crippen LogP contribution in [0.2, 0.25) is 5.02 Å². The highest BCUT2D eigenvalue weighted by molar-refractivity contribution is 6.31. The lowest BCUT2D eigenvalue weighted by molar-refractivity contribution is 0.432. The van der Waals surface area contributed by atoms with Gasteiger partial charge in [0, 0.05) is 16.6 Å². The zero-order valence-corrected chi connectivity index (χ0v) is 12.2. The Morgan fingerprint density at radius 2 is 2.05 bits per heavy atom. The van der Waals surface area contributed by atoms with Crippen LogP contribution in [0.1, 0.15) is 31.0 Å². The Hall–Kier alpha value is -1.58. The summed E-state index contributed by atoms with van der Waals surface area (Å²) in [6, 6.07) is 9.73. The molecule has 0 aliphatic carbocycles. The van der Waals surface area contributed by atoms with Gasteiger partial charge in [0.05, 0.1) is 0 Å². The molecule has 0 bridgehead atoms. The highest BCUT2D eigenvalue weighted by Crippen LogP contribution is 2.33. The van der Waals surface area contributed by atoms with E-state index in [1.807, 2.05) is 13.0 Å². The number of hydrogen-bond donors (Lipinski definition) is 1. The number of hydrogen-bond acceptors (Lipinski definition) is 2. The molecule has 0 fully saturated rings. The van der Waals surface area contributed by atoms with Crippen LogP contribution < -0.4 is 10.5 Å². The van der Waals surface area contributed by atoms with Crippen molar-refractivity contribution in [2.75, 3.05) is 0 Å². The third-order valence-electron chi connectivity index (χ3n) is 3.11. The molecule has 0 amide bonds. The minimum absolute atomic E-state index is 0.173. The van der Waals surface area contributed by atoms with Crippen LogP contribution in [0, 0.1) is 5.82 Å². The second kappa shape index (κ2) is 6.25. The molecule has 2 nitrogen and oxygen atoms in total. The summed E-state index contributed by atoms with van der Waals surface area (Å²) in [6.07, 6.45) is 0.785. The smallest absolute Gasteiger partial charge is 0.167 e. The van der Waals surface area contributed by atoms with Gasteiger partial charge in [-0.25, -0.2) is 4.39 Å². The zero-order valence-electron chi connectivity index (χ0n) is 11.5. The molecule has 0 aliphatic rings. The standard InChI is InChI=1S/C16H17ClFNO/c1-3-11-9-12(7-8-14(11)17)20-16-13(10(2)19)5-4-6-15(16)18/h4-10H,3,19H2,1-2H3/t10-/m0/s1. The fourth-order valence-electron chi connectivity index (χ4n) is 2.00. The third-order valence-corrected chi connectivity index (χ3v) is 3.47. The van der Waals surface area contributed by atoms with Crippen molar-refractivity contribution in [2.45, 2.75) is 26.3 Å². The van der Waals surface area contributed by atoms with E-state index in [0.29, 0.717) is 16.3 Å². The molecule has 0 saturated heterocycles. The molecule has 0 spiro atoms. The van der Waals surface area contributed by atoms with E-state index in [1.165, 1.54) is 6.07 Å². The average Bonchev–Trinajstić information content (AvgIpc) is 2.42. The number of halogens is 2. The molecular formula is C16H17ClFNO. The quantitative estimate of drug-likeness (QED) is 0.874. The predicted molar refractivity (Wildman–Crippen MR) is 79.9 cm³/mol. The molecule has 20 heavy (non-hydrogen) atoms. The highest BCUT2D eigenvalue weighted by atomic mass is 35.5. The van der Waals surface area contributed by atoms with Gasteiger partial charge in [0.15, 0.2) is 11.6 Å². The van der Waals surface area contributed by atoms with E-state index in [1.54, 1.807) is 31.2 Å². The summed E-state index contributed by atoms with van der Waals surface area (Å²) in [5.41, 5.74) is 7.45. The van der Waals surface area contributed by atoms with E-state index >= 15 is 0 Å². The zero-order chi connectivity index (χ0) is 14.7. The maximum atomic E-state index is 14.0. The van der Waals surface area contributed by atoms with Crippen LogP contribution in [0.5, 0.6) is 11.5 Å². The van der Waals surface area contributed by atoms with Crippen molar-refractivity contribution in [3.05, 3.63) is 58.4 Å². The molecule has 2 N–H and O–H groups in total. The van der Waals surface area contributed by atoms with Gasteiger partial charge in [-0.05, 0) is 43.2 Å². The van der Waals surface area contributed by atoms with Crippen molar-refractivity contribution in [1.29, 1.82) is 0 Å². The summed E-state index contributed by atoms with van der Waals surface area (Å²) in [5.74, 6) is 0.304. The number of rotatable bonds is 4. The predicted octanol–water partition coefficient (Wildman–Crippen LogP) is 4.85. The van der Waals surface area contributed by atoms with Gasteiger partial charge in [-0.2, -0.15) is 0 Å². The second-order valence-electron chi connectivity index (χ2n) is 4.66. The van der Waals surface area contributed by atoms with E-state index in [-0.39, 0.29) is 11.8 Å². The Morgan fingerprint density at radius 1 is 1.30 bits per heavy atom. The first kappa shape index (κ1) is 14.8. The van der Waals surface area contributed by atoms with Gasteiger partial charge in [0.1, 0.15) is 5.75 Å². The van der Waals surface area contributed by atoms with E-state index in [0.717, 1.165) is 12.0 Å². The Labute approximate surface area is 123 Å². The first-order valence-electron chi connectivity index (χ1n) is 6.53. The van der Waals surface area contributed by atoms with Crippen LogP contribution in [0.4, 0.5) is 4.39 Å². The van der Waals surface area contributed by atoms with Gasteiger partial charge in [-0.15, -0.1) is 0 Å². The number of aryl methyl sites for hydroxylation is 1. The first-order chi connectivity index (χ1) is 9.52. The largest absolute Gasteiger partial charge is 0.454 e. The Bertz CT molecular complexity index is 613. The van der Waals surface area contributed by atoms with Gasteiger partial charge in [-0.1, -0.05) is 30.7 Å². The van der Waals surface area contributed by atoms with Crippen LogP contribution in [-0.4, -0.2) is 0 Å². The summed E-state index contributed by atoms with van der Waals surface area (Å²) in [5, 5.41) is 0.681. The molecule has 0 radical (unpaired) electrons. The van der Waals surface area contributed by atoms with Crippen LogP contribution in [0.15, 0.2) is 36.4 Å². The molecule has 0 heterocycles. The highest BCUT2D eigenvalue weighted by Gasteiger charge is 2.14. The van der Waals surface area contributed by atoms with Crippen molar-refractivity contribution in [3.8, 4) is 11.5 Å². The number of para-hydroxylation sites is 1. The Balaban J connectivity index is 2.39. The molecule has 4 heteroatoms. The lowest BCUT2D eigenvalue weighted by atomic mass is 10.1. The van der Waals surface area contributed by atoms with E-state index in [4.69, 9.17) is 22.1 Å². The van der Waals surface area contributed by atoms with Crippen molar-refractivity contribution in [3.63, 3.8) is 0 Å². The van der Waals surface area contributed by atoms with Crippen LogP contribution in [0.3, 0.4) is 0 Å². The molecule has 1 atom stereocenters. The molecule has 2 aromatic carbocycles. The summed E-state index contributed by atoms with van der Waals surface area (Å²) in [7, 11) is 0. The molecule has 0 unspecified atom stereocenters. The lowest BCUT2D eigenvalue weighted by Crippen LogP contribution is -2.07. The average molecular weight is 294 g/mol. The molecule has 106 valence electrons. The molecule has 0 aromatic heterocycles. The molecule has 0 saturated carbocycles. The van der Waals surface area contributed by atoms with Crippen LogP contribution in [-0.2, 0) is 6.42 Å². The summed E-state index contributed by atoms with van der Waals surface area (Å²) in [6.45, 7) is 3.79. The number of benzene rings is 2. The number of ether oxygens (including phenoxy) is 1. The van der Waals surface area contributed by atoms with Gasteiger partial charge in [0.2, 0.25) is 0 Å². The van der Waals surface area contributed by atoms with Crippen LogP contribution >= 0.6 is 11.6 Å². The number of nitrogens with two attached hydrogens (primary N) is 1. The maximum Gasteiger partial charge on any atom is 0.167 e. The third kappa shape index (κ3) is 3.11. The van der Waals surface area contributed by atoms with E-state index < -0.39 is 5.82 Å². The van der Waals surface area contributed by atoms with Crippen molar-refractivity contribution in [1.82, 2.24) is 0 Å². The lowest BCUT2D eigenvalue weighted by Gasteiger charge is -2.15. The minimum Gasteiger partial charge on any atom is -0.454 e.